The Morgan fingerprint density at radius 2 is 2.06 bits per heavy atom. The third-order valence-electron chi connectivity index (χ3n) is 6.53. The summed E-state index contributed by atoms with van der Waals surface area (Å²) in [6, 6.07) is 11.5. The first-order valence-electron chi connectivity index (χ1n) is 12.0. The van der Waals surface area contributed by atoms with Crippen molar-refractivity contribution >= 4 is 11.6 Å². The van der Waals surface area contributed by atoms with Gasteiger partial charge in [0.2, 0.25) is 5.91 Å². The first-order valence-corrected chi connectivity index (χ1v) is 12.0. The van der Waals surface area contributed by atoms with E-state index in [1.54, 1.807) is 13.3 Å². The molecule has 1 aromatic heterocycles. The number of hydrogen-bond acceptors (Lipinski definition) is 7. The lowest BCUT2D eigenvalue weighted by Gasteiger charge is -2.27. The summed E-state index contributed by atoms with van der Waals surface area (Å²) in [7, 11) is 1.65. The Morgan fingerprint density at radius 3 is 2.86 bits per heavy atom. The molecule has 5 rings (SSSR count). The molecule has 1 fully saturated rings. The molecule has 1 amide bonds. The number of rotatable bonds is 8. The fourth-order valence-electron chi connectivity index (χ4n) is 4.47. The van der Waals surface area contributed by atoms with E-state index in [2.05, 4.69) is 25.7 Å². The number of H-pyrrole nitrogens is 1. The van der Waals surface area contributed by atoms with E-state index in [1.165, 1.54) is 5.56 Å². The molecule has 0 spiro atoms. The van der Waals surface area contributed by atoms with E-state index in [9.17, 15) is 4.79 Å². The van der Waals surface area contributed by atoms with Crippen LogP contribution in [0.5, 0.6) is 11.5 Å². The van der Waals surface area contributed by atoms with Crippen molar-refractivity contribution in [2.75, 3.05) is 51.9 Å². The molecule has 2 aliphatic heterocycles. The van der Waals surface area contributed by atoms with Crippen molar-refractivity contribution in [2.24, 2.45) is 0 Å². The topological polar surface area (TPSA) is 101 Å². The fourth-order valence-corrected chi connectivity index (χ4v) is 4.47. The van der Waals surface area contributed by atoms with E-state index >= 15 is 0 Å². The van der Waals surface area contributed by atoms with Crippen molar-refractivity contribution in [1.29, 1.82) is 0 Å². The molecule has 1 saturated heterocycles. The van der Waals surface area contributed by atoms with Crippen molar-refractivity contribution in [1.82, 2.24) is 20.4 Å². The van der Waals surface area contributed by atoms with Crippen LogP contribution in [0.25, 0.3) is 11.1 Å². The van der Waals surface area contributed by atoms with Crippen molar-refractivity contribution in [2.45, 2.75) is 19.0 Å². The number of nitrogens with one attached hydrogen (secondary N) is 3. The Bertz CT molecular complexity index is 1140. The number of carbonyl (C=O) groups excluding carboxylic acids is 1. The number of ether oxygens (including phenoxy) is 3. The molecule has 0 unspecified atom stereocenters. The van der Waals surface area contributed by atoms with E-state index in [0.29, 0.717) is 31.0 Å². The van der Waals surface area contributed by atoms with Crippen LogP contribution in [0.1, 0.15) is 11.1 Å². The van der Waals surface area contributed by atoms with Crippen LogP contribution in [0, 0.1) is 0 Å². The summed E-state index contributed by atoms with van der Waals surface area (Å²) in [5.74, 6) is 1.35. The number of aromatic nitrogens is 2. The predicted molar refractivity (Wildman–Crippen MR) is 133 cm³/mol. The van der Waals surface area contributed by atoms with Gasteiger partial charge in [-0.15, -0.1) is 0 Å². The van der Waals surface area contributed by atoms with Crippen LogP contribution in [0.3, 0.4) is 0 Å². The molecule has 9 heteroatoms. The number of methoxy groups -OCH3 is 1. The van der Waals surface area contributed by atoms with Crippen LogP contribution < -0.4 is 20.1 Å². The van der Waals surface area contributed by atoms with Crippen LogP contribution in [0.2, 0.25) is 0 Å². The summed E-state index contributed by atoms with van der Waals surface area (Å²) in [6.45, 7) is 5.27. The molecule has 3 aromatic rings. The number of hydrogen-bond donors (Lipinski definition) is 3. The zero-order valence-corrected chi connectivity index (χ0v) is 19.9. The number of morpholine rings is 1. The average Bonchev–Trinajstić information content (AvgIpc) is 3.44. The Balaban J connectivity index is 1.29. The van der Waals surface area contributed by atoms with Crippen molar-refractivity contribution < 1.29 is 19.0 Å². The lowest BCUT2D eigenvalue weighted by molar-refractivity contribution is -0.118. The maximum Gasteiger partial charge on any atom is 0.241 e. The number of amides is 1. The Kier molecular flexibility index (Phi) is 7.27. The average molecular weight is 478 g/mol. The quantitative estimate of drug-likeness (QED) is 0.458. The summed E-state index contributed by atoms with van der Waals surface area (Å²) in [5.41, 5.74) is 4.89. The summed E-state index contributed by atoms with van der Waals surface area (Å²) < 4.78 is 17.0. The second-order valence-corrected chi connectivity index (χ2v) is 8.76. The van der Waals surface area contributed by atoms with Gasteiger partial charge in [0.1, 0.15) is 18.1 Å². The van der Waals surface area contributed by atoms with Crippen LogP contribution in [-0.4, -0.2) is 73.6 Å². The lowest BCUT2D eigenvalue weighted by Crippen LogP contribution is -2.44. The first kappa shape index (κ1) is 23.3. The lowest BCUT2D eigenvalue weighted by atomic mass is 9.95. The number of aromatic amines is 1. The van der Waals surface area contributed by atoms with Gasteiger partial charge in [-0.3, -0.25) is 14.8 Å². The normalized spacial score (nSPS) is 18.0. The van der Waals surface area contributed by atoms with Gasteiger partial charge in [-0.25, -0.2) is 0 Å². The van der Waals surface area contributed by atoms with Crippen LogP contribution in [0.4, 0.5) is 5.69 Å². The SMILES string of the molecule is COc1ccc2c(c1)C[C@H](C(=O)Nc1ccc(-c3cn[nH]c3)cc1OCCN1CCOCC1)NC2. The summed E-state index contributed by atoms with van der Waals surface area (Å²) in [5, 5.41) is 13.3. The molecule has 35 heavy (non-hydrogen) atoms. The second-order valence-electron chi connectivity index (χ2n) is 8.76. The smallest absolute Gasteiger partial charge is 0.241 e. The Labute approximate surface area is 204 Å². The maximum atomic E-state index is 13.2. The Morgan fingerprint density at radius 1 is 1.17 bits per heavy atom. The molecule has 3 N–H and O–H groups in total. The van der Waals surface area contributed by atoms with Crippen LogP contribution in [0.15, 0.2) is 48.8 Å². The molecule has 3 heterocycles. The third kappa shape index (κ3) is 5.64. The zero-order valence-electron chi connectivity index (χ0n) is 19.9. The summed E-state index contributed by atoms with van der Waals surface area (Å²) in [6.07, 6.45) is 4.20. The second kappa shape index (κ2) is 10.9. The minimum Gasteiger partial charge on any atom is -0.497 e. The van der Waals surface area contributed by atoms with Gasteiger partial charge >= 0.3 is 0 Å². The predicted octanol–water partition coefficient (Wildman–Crippen LogP) is 2.45. The standard InChI is InChI=1S/C26H31N5O4/c1-33-22-4-2-19-15-27-24(13-20(19)12-22)26(32)30-23-5-3-18(21-16-28-29-17-21)14-25(23)35-11-8-31-6-9-34-10-7-31/h2-5,12,14,16-17,24,27H,6-11,13,15H2,1H3,(H,28,29)(H,30,32)/t24-/m1/s1. The molecule has 9 nitrogen and oxygen atoms in total. The minimum atomic E-state index is -0.343. The number of anilines is 1. The highest BCUT2D eigenvalue weighted by Gasteiger charge is 2.25. The molecule has 0 saturated carbocycles. The van der Waals surface area contributed by atoms with Gasteiger partial charge in [0.05, 0.1) is 38.2 Å². The first-order chi connectivity index (χ1) is 17.2. The number of carbonyl (C=O) groups is 1. The van der Waals surface area contributed by atoms with Crippen LogP contribution in [-0.2, 0) is 22.5 Å². The zero-order chi connectivity index (χ0) is 24.0. The molecule has 0 aliphatic carbocycles. The molecule has 2 aromatic carbocycles. The molecule has 1 atom stereocenters. The van der Waals surface area contributed by atoms with E-state index in [4.69, 9.17) is 14.2 Å². The number of nitrogens with zero attached hydrogens (tertiary/aromatic N) is 2. The fraction of sp³-hybridized carbons (Fsp3) is 0.385. The molecular formula is C26H31N5O4. The minimum absolute atomic E-state index is 0.0902. The van der Waals surface area contributed by atoms with E-state index in [1.807, 2.05) is 42.6 Å². The van der Waals surface area contributed by atoms with Gasteiger partial charge in [-0.2, -0.15) is 5.10 Å². The van der Waals surface area contributed by atoms with Gasteiger partial charge in [0.15, 0.2) is 0 Å². The molecule has 2 aliphatic rings. The van der Waals surface area contributed by atoms with Gasteiger partial charge in [0, 0.05) is 37.9 Å². The monoisotopic (exact) mass is 477 g/mol. The highest BCUT2D eigenvalue weighted by atomic mass is 16.5. The Hall–Kier alpha value is -3.40. The van der Waals surface area contributed by atoms with Crippen molar-refractivity contribution in [3.63, 3.8) is 0 Å². The van der Waals surface area contributed by atoms with Gasteiger partial charge < -0.3 is 24.8 Å². The molecule has 0 bridgehead atoms. The van der Waals surface area contributed by atoms with Gasteiger partial charge in [-0.05, 0) is 47.4 Å². The van der Waals surface area contributed by atoms with E-state index < -0.39 is 0 Å². The summed E-state index contributed by atoms with van der Waals surface area (Å²) >= 11 is 0. The van der Waals surface area contributed by atoms with Crippen LogP contribution >= 0.6 is 0 Å². The highest BCUT2D eigenvalue weighted by molar-refractivity contribution is 5.97. The van der Waals surface area contributed by atoms with E-state index in [0.717, 1.165) is 55.3 Å². The third-order valence-corrected chi connectivity index (χ3v) is 6.53. The summed E-state index contributed by atoms with van der Waals surface area (Å²) in [4.78, 5) is 15.5. The highest BCUT2D eigenvalue weighted by Crippen LogP contribution is 2.31. The van der Waals surface area contributed by atoms with Gasteiger partial charge in [-0.1, -0.05) is 12.1 Å². The maximum absolute atomic E-state index is 13.2. The number of fused-ring (bicyclic) bond motifs is 1. The number of benzene rings is 2. The van der Waals surface area contributed by atoms with E-state index in [-0.39, 0.29) is 11.9 Å². The van der Waals surface area contributed by atoms with Gasteiger partial charge in [0.25, 0.3) is 0 Å². The largest absolute Gasteiger partial charge is 0.497 e. The van der Waals surface area contributed by atoms with Crippen molar-refractivity contribution in [3.05, 3.63) is 59.9 Å². The molecule has 184 valence electrons. The molecule has 0 radical (unpaired) electrons. The van der Waals surface area contributed by atoms with Crippen molar-refractivity contribution in [3.8, 4) is 22.6 Å². The molecular weight excluding hydrogens is 446 g/mol.